The van der Waals surface area contributed by atoms with E-state index < -0.39 is 0 Å². The molecule has 112 valence electrons. The molecule has 0 aromatic heterocycles. The van der Waals surface area contributed by atoms with Crippen LogP contribution in [-0.4, -0.2) is 45.3 Å². The predicted molar refractivity (Wildman–Crippen MR) is 84.6 cm³/mol. The predicted octanol–water partition coefficient (Wildman–Crippen LogP) is 2.65. The Bertz CT molecular complexity index is 454. The average molecular weight is 343 g/mol. The molecule has 1 aliphatic rings. The summed E-state index contributed by atoms with van der Waals surface area (Å²) in [7, 11) is 5.51. The van der Waals surface area contributed by atoms with Crippen molar-refractivity contribution in [3.05, 3.63) is 22.2 Å². The Morgan fingerprint density at radius 1 is 1.30 bits per heavy atom. The normalized spacial score (nSPS) is 19.3. The van der Waals surface area contributed by atoms with Crippen molar-refractivity contribution in [3.63, 3.8) is 0 Å². The molecule has 0 spiro atoms. The van der Waals surface area contributed by atoms with Crippen molar-refractivity contribution in [2.45, 2.75) is 25.4 Å². The van der Waals surface area contributed by atoms with E-state index in [2.05, 4.69) is 33.2 Å². The summed E-state index contributed by atoms with van der Waals surface area (Å²) in [6, 6.07) is 4.64. The van der Waals surface area contributed by atoms with Crippen LogP contribution in [-0.2, 0) is 6.54 Å². The van der Waals surface area contributed by atoms with E-state index in [1.54, 1.807) is 14.2 Å². The molecule has 0 radical (unpaired) electrons. The summed E-state index contributed by atoms with van der Waals surface area (Å²) in [6.45, 7) is 3.06. The van der Waals surface area contributed by atoms with Gasteiger partial charge in [-0.3, -0.25) is 0 Å². The fourth-order valence-corrected chi connectivity index (χ4v) is 3.10. The maximum Gasteiger partial charge on any atom is 0.161 e. The lowest BCUT2D eigenvalue weighted by Crippen LogP contribution is -2.35. The number of ether oxygens (including phenoxy) is 2. The van der Waals surface area contributed by atoms with Crippen LogP contribution in [0.25, 0.3) is 0 Å². The number of hydrogen-bond acceptors (Lipinski definition) is 4. The molecule has 2 rings (SSSR count). The van der Waals surface area contributed by atoms with Gasteiger partial charge >= 0.3 is 0 Å². The van der Waals surface area contributed by atoms with Gasteiger partial charge < -0.3 is 19.7 Å². The Balaban J connectivity index is 1.95. The summed E-state index contributed by atoms with van der Waals surface area (Å²) >= 11 is 3.59. The van der Waals surface area contributed by atoms with Crippen LogP contribution in [0.2, 0.25) is 0 Å². The van der Waals surface area contributed by atoms with Crippen molar-refractivity contribution >= 4 is 15.9 Å². The molecule has 5 heteroatoms. The van der Waals surface area contributed by atoms with Gasteiger partial charge in [-0.2, -0.15) is 0 Å². The molecule has 0 unspecified atom stereocenters. The molecule has 1 heterocycles. The molecule has 0 saturated carbocycles. The summed E-state index contributed by atoms with van der Waals surface area (Å²) < 4.78 is 11.7. The minimum atomic E-state index is 0.661. The van der Waals surface area contributed by atoms with Crippen LogP contribution in [0.15, 0.2) is 16.6 Å². The Hall–Kier alpha value is -0.780. The molecule has 1 atom stereocenters. The quantitative estimate of drug-likeness (QED) is 0.861. The molecule has 1 fully saturated rings. The maximum atomic E-state index is 5.35. The zero-order valence-electron chi connectivity index (χ0n) is 12.4. The third-order valence-electron chi connectivity index (χ3n) is 3.92. The van der Waals surface area contributed by atoms with E-state index >= 15 is 0 Å². The third kappa shape index (κ3) is 3.65. The number of likely N-dealkylation sites (tertiary alicyclic amines) is 1. The number of nitrogens with one attached hydrogen (secondary N) is 1. The number of halogens is 1. The van der Waals surface area contributed by atoms with Crippen molar-refractivity contribution in [1.82, 2.24) is 10.2 Å². The summed E-state index contributed by atoms with van der Waals surface area (Å²) in [5.41, 5.74) is 1.18. The molecule has 1 aromatic rings. The van der Waals surface area contributed by atoms with Gasteiger partial charge in [-0.15, -0.1) is 0 Å². The van der Waals surface area contributed by atoms with Crippen LogP contribution >= 0.6 is 15.9 Å². The van der Waals surface area contributed by atoms with Crippen molar-refractivity contribution in [1.29, 1.82) is 0 Å². The highest BCUT2D eigenvalue weighted by Gasteiger charge is 2.20. The second-order valence-electron chi connectivity index (χ2n) is 5.21. The second kappa shape index (κ2) is 7.29. The molecule has 4 nitrogen and oxygen atoms in total. The van der Waals surface area contributed by atoms with Gasteiger partial charge in [0.1, 0.15) is 0 Å². The fourth-order valence-electron chi connectivity index (χ4n) is 2.64. The molecule has 0 aliphatic carbocycles. The third-order valence-corrected chi connectivity index (χ3v) is 4.66. The topological polar surface area (TPSA) is 33.7 Å². The van der Waals surface area contributed by atoms with Crippen molar-refractivity contribution in [2.24, 2.45) is 0 Å². The zero-order valence-corrected chi connectivity index (χ0v) is 14.0. The highest BCUT2D eigenvalue weighted by atomic mass is 79.9. The van der Waals surface area contributed by atoms with Crippen LogP contribution in [0, 0.1) is 0 Å². The van der Waals surface area contributed by atoms with Gasteiger partial charge in [0.2, 0.25) is 0 Å². The Labute approximate surface area is 129 Å². The highest BCUT2D eigenvalue weighted by Crippen LogP contribution is 2.33. The maximum absolute atomic E-state index is 5.35. The molecule has 0 bridgehead atoms. The van der Waals surface area contributed by atoms with Crippen LogP contribution in [0.3, 0.4) is 0 Å². The molecule has 20 heavy (non-hydrogen) atoms. The molecular formula is C15H23BrN2O2. The van der Waals surface area contributed by atoms with Gasteiger partial charge in [0.25, 0.3) is 0 Å². The van der Waals surface area contributed by atoms with Crippen LogP contribution in [0.4, 0.5) is 0 Å². The first-order chi connectivity index (χ1) is 9.65. The van der Waals surface area contributed by atoms with Gasteiger partial charge in [0.15, 0.2) is 11.5 Å². The molecule has 0 amide bonds. The van der Waals surface area contributed by atoms with Crippen molar-refractivity contribution < 1.29 is 9.47 Å². The van der Waals surface area contributed by atoms with Crippen molar-refractivity contribution in [2.75, 3.05) is 34.4 Å². The minimum absolute atomic E-state index is 0.661. The van der Waals surface area contributed by atoms with Crippen LogP contribution in [0.5, 0.6) is 11.5 Å². The van der Waals surface area contributed by atoms with Gasteiger partial charge in [-0.05, 0) is 44.1 Å². The van der Waals surface area contributed by atoms with Gasteiger partial charge in [0, 0.05) is 23.6 Å². The van der Waals surface area contributed by atoms with Crippen LogP contribution < -0.4 is 14.8 Å². The minimum Gasteiger partial charge on any atom is -0.493 e. The zero-order chi connectivity index (χ0) is 14.5. The van der Waals surface area contributed by atoms with E-state index in [0.717, 1.165) is 29.1 Å². The van der Waals surface area contributed by atoms with E-state index in [1.807, 2.05) is 12.1 Å². The number of likely N-dealkylation sites (N-methyl/N-ethyl adjacent to an activating group) is 1. The molecule has 1 aromatic carbocycles. The smallest absolute Gasteiger partial charge is 0.161 e. The highest BCUT2D eigenvalue weighted by molar-refractivity contribution is 9.10. The largest absolute Gasteiger partial charge is 0.493 e. The number of rotatable bonds is 6. The number of benzene rings is 1. The summed E-state index contributed by atoms with van der Waals surface area (Å²) in [6.07, 6.45) is 2.60. The lowest BCUT2D eigenvalue weighted by molar-refractivity contribution is 0.300. The monoisotopic (exact) mass is 342 g/mol. The number of hydrogen-bond donors (Lipinski definition) is 1. The Kier molecular flexibility index (Phi) is 5.69. The second-order valence-corrected chi connectivity index (χ2v) is 6.06. The fraction of sp³-hybridized carbons (Fsp3) is 0.600. The van der Waals surface area contributed by atoms with Gasteiger partial charge in [-0.25, -0.2) is 0 Å². The standard InChI is InChI=1S/C15H23BrN2O2/c1-18-6-4-5-12(18)10-17-9-11-7-14(19-2)15(20-3)8-13(11)16/h7-8,12,17H,4-6,9-10H2,1-3H3/t12-/m1/s1. The van der Waals surface area contributed by atoms with Gasteiger partial charge in [-0.1, -0.05) is 15.9 Å². The molecule has 1 aliphatic heterocycles. The number of nitrogens with zero attached hydrogens (tertiary/aromatic N) is 1. The summed E-state index contributed by atoms with van der Waals surface area (Å²) in [4.78, 5) is 2.43. The Morgan fingerprint density at radius 3 is 2.60 bits per heavy atom. The van der Waals surface area contributed by atoms with Gasteiger partial charge in [0.05, 0.1) is 14.2 Å². The van der Waals surface area contributed by atoms with E-state index in [0.29, 0.717) is 6.04 Å². The van der Waals surface area contributed by atoms with E-state index in [-0.39, 0.29) is 0 Å². The number of methoxy groups -OCH3 is 2. The SMILES string of the molecule is COc1cc(Br)c(CNC[C@H]2CCCN2C)cc1OC. The summed E-state index contributed by atoms with van der Waals surface area (Å²) in [5, 5.41) is 3.54. The van der Waals surface area contributed by atoms with E-state index in [9.17, 15) is 0 Å². The van der Waals surface area contributed by atoms with Crippen LogP contribution in [0.1, 0.15) is 18.4 Å². The molecular weight excluding hydrogens is 320 g/mol. The van der Waals surface area contributed by atoms with E-state index in [1.165, 1.54) is 24.9 Å². The lowest BCUT2D eigenvalue weighted by Gasteiger charge is -2.20. The first-order valence-electron chi connectivity index (χ1n) is 6.97. The summed E-state index contributed by atoms with van der Waals surface area (Å²) in [5.74, 6) is 1.52. The first kappa shape index (κ1) is 15.6. The van der Waals surface area contributed by atoms with E-state index in [4.69, 9.17) is 9.47 Å². The first-order valence-corrected chi connectivity index (χ1v) is 7.76. The average Bonchev–Trinajstić information content (AvgIpc) is 2.85. The molecule has 1 N–H and O–H groups in total. The molecule has 1 saturated heterocycles. The van der Waals surface area contributed by atoms with Crippen molar-refractivity contribution in [3.8, 4) is 11.5 Å². The Morgan fingerprint density at radius 2 is 2.00 bits per heavy atom. The lowest BCUT2D eigenvalue weighted by atomic mass is 10.2.